The van der Waals surface area contributed by atoms with E-state index in [1.54, 1.807) is 6.07 Å². The number of hydrogen-bond donors (Lipinski definition) is 2. The number of benzene rings is 1. The molecule has 7 nitrogen and oxygen atoms in total. The second-order valence-corrected chi connectivity index (χ2v) is 9.27. The second kappa shape index (κ2) is 10.00. The highest BCUT2D eigenvalue weighted by atomic mass is 19.1. The molecule has 1 aromatic carbocycles. The molecule has 1 saturated heterocycles. The molecule has 2 N–H and O–H groups in total. The van der Waals surface area contributed by atoms with E-state index in [-0.39, 0.29) is 18.4 Å². The monoisotopic (exact) mass is 475 g/mol. The molecule has 8 heteroatoms. The number of aromatic nitrogens is 2. The molecular formula is C27H30FN5O2. The summed E-state index contributed by atoms with van der Waals surface area (Å²) < 4.78 is 21.1. The summed E-state index contributed by atoms with van der Waals surface area (Å²) in [5.41, 5.74) is 3.76. The highest BCUT2D eigenvalue weighted by Crippen LogP contribution is 2.34. The van der Waals surface area contributed by atoms with Crippen molar-refractivity contribution in [1.29, 1.82) is 0 Å². The topological polar surface area (TPSA) is 82.9 Å². The average molecular weight is 476 g/mol. The first kappa shape index (κ1) is 23.2. The van der Waals surface area contributed by atoms with Gasteiger partial charge in [0.1, 0.15) is 17.5 Å². The Morgan fingerprint density at radius 1 is 1.23 bits per heavy atom. The number of rotatable bonds is 6. The molecule has 0 spiro atoms. The number of nitrogens with zero attached hydrogens (tertiary/aromatic N) is 4. The van der Waals surface area contributed by atoms with Crippen LogP contribution in [0.5, 0.6) is 11.8 Å². The lowest BCUT2D eigenvalue weighted by Gasteiger charge is -2.32. The first-order valence-electron chi connectivity index (χ1n) is 12.1. The third kappa shape index (κ3) is 5.12. The van der Waals surface area contributed by atoms with Gasteiger partial charge in [0.05, 0.1) is 6.54 Å². The minimum absolute atomic E-state index is 0.0723. The van der Waals surface area contributed by atoms with Crippen molar-refractivity contribution in [3.05, 3.63) is 64.5 Å². The van der Waals surface area contributed by atoms with Crippen molar-refractivity contribution in [2.24, 2.45) is 10.9 Å². The molecule has 1 aliphatic carbocycles. The van der Waals surface area contributed by atoms with Gasteiger partial charge in [-0.05, 0) is 62.3 Å². The quantitative estimate of drug-likeness (QED) is 0.618. The fourth-order valence-corrected chi connectivity index (χ4v) is 4.69. The third-order valence-corrected chi connectivity index (χ3v) is 6.58. The zero-order valence-corrected chi connectivity index (χ0v) is 20.1. The summed E-state index contributed by atoms with van der Waals surface area (Å²) in [6.45, 7) is 6.31. The molecule has 2 aromatic rings. The number of fused-ring (bicyclic) bond motifs is 1. The van der Waals surface area contributed by atoms with Crippen molar-refractivity contribution >= 4 is 23.5 Å². The van der Waals surface area contributed by atoms with Crippen molar-refractivity contribution in [1.82, 2.24) is 9.97 Å². The van der Waals surface area contributed by atoms with Crippen molar-refractivity contribution in [3.63, 3.8) is 0 Å². The zero-order chi connectivity index (χ0) is 24.4. The van der Waals surface area contributed by atoms with Gasteiger partial charge in [-0.1, -0.05) is 29.9 Å². The van der Waals surface area contributed by atoms with Gasteiger partial charge in [0.15, 0.2) is 11.6 Å². The number of aliphatic hydroxyl groups excluding tert-OH is 1. The number of halogens is 1. The number of anilines is 2. The van der Waals surface area contributed by atoms with Crippen LogP contribution in [-0.4, -0.2) is 47.2 Å². The van der Waals surface area contributed by atoms with Crippen molar-refractivity contribution < 1.29 is 14.2 Å². The zero-order valence-electron chi connectivity index (χ0n) is 20.1. The maximum Gasteiger partial charge on any atom is 0.326 e. The molecule has 0 saturated carbocycles. The predicted molar refractivity (Wildman–Crippen MR) is 137 cm³/mol. The van der Waals surface area contributed by atoms with Crippen LogP contribution in [0.3, 0.4) is 0 Å². The van der Waals surface area contributed by atoms with Gasteiger partial charge in [0.2, 0.25) is 0 Å². The normalized spacial score (nSPS) is 17.9. The predicted octanol–water partition coefficient (Wildman–Crippen LogP) is 4.90. The maximum absolute atomic E-state index is 15.2. The van der Waals surface area contributed by atoms with Crippen LogP contribution in [0.2, 0.25) is 0 Å². The van der Waals surface area contributed by atoms with E-state index < -0.39 is 5.82 Å². The molecule has 0 atom stereocenters. The Morgan fingerprint density at radius 2 is 2.06 bits per heavy atom. The Bertz CT molecular complexity index is 1240. The Balaban J connectivity index is 1.44. The maximum atomic E-state index is 15.2. The van der Waals surface area contributed by atoms with Crippen LogP contribution in [0.4, 0.5) is 16.0 Å². The van der Waals surface area contributed by atoms with Crippen LogP contribution in [0.1, 0.15) is 37.8 Å². The van der Waals surface area contributed by atoms with Crippen molar-refractivity contribution in [3.8, 4) is 11.8 Å². The number of aliphatic imine (C=N–C) groups is 1. The summed E-state index contributed by atoms with van der Waals surface area (Å²) in [4.78, 5) is 15.8. The molecule has 0 unspecified atom stereocenters. The Morgan fingerprint density at radius 3 is 2.83 bits per heavy atom. The number of amidine groups is 1. The van der Waals surface area contributed by atoms with Gasteiger partial charge in [0, 0.05) is 31.3 Å². The van der Waals surface area contributed by atoms with E-state index >= 15 is 4.39 Å². The van der Waals surface area contributed by atoms with E-state index in [2.05, 4.69) is 25.2 Å². The molecule has 182 valence electrons. The van der Waals surface area contributed by atoms with Gasteiger partial charge in [0.25, 0.3) is 0 Å². The highest BCUT2D eigenvalue weighted by Gasteiger charge is 2.23. The lowest BCUT2D eigenvalue weighted by Crippen LogP contribution is -2.35. The van der Waals surface area contributed by atoms with Crippen molar-refractivity contribution in [2.75, 3.05) is 36.5 Å². The van der Waals surface area contributed by atoms with E-state index in [1.807, 2.05) is 50.3 Å². The summed E-state index contributed by atoms with van der Waals surface area (Å²) in [6.07, 6.45) is 10.4. The van der Waals surface area contributed by atoms with Crippen LogP contribution < -0.4 is 15.0 Å². The van der Waals surface area contributed by atoms with Gasteiger partial charge >= 0.3 is 6.01 Å². The molecule has 3 aliphatic rings. The minimum atomic E-state index is -0.397. The van der Waals surface area contributed by atoms with Gasteiger partial charge in [-0.25, -0.2) is 4.39 Å². The molecular weight excluding hydrogens is 445 g/mol. The van der Waals surface area contributed by atoms with E-state index in [0.717, 1.165) is 49.1 Å². The molecule has 5 rings (SSSR count). The summed E-state index contributed by atoms with van der Waals surface area (Å²) in [6, 6.07) is 5.47. The van der Waals surface area contributed by atoms with Crippen LogP contribution in [-0.2, 0) is 6.42 Å². The number of piperidine rings is 1. The number of allylic oxidation sites excluding steroid dienone is 2. The lowest BCUT2D eigenvalue weighted by molar-refractivity contribution is 0.202. The molecule has 0 amide bonds. The van der Waals surface area contributed by atoms with Gasteiger partial charge in [-0.2, -0.15) is 9.97 Å². The minimum Gasteiger partial charge on any atom is -0.421 e. The molecule has 0 bridgehead atoms. The SMILES string of the molecule is C/C=C/C1=CC(Nc2cc(N3CCC(CO)CC3)nc(Oc3ccc4c(c3F)C=C(C)C4)n2)=NC1. The smallest absolute Gasteiger partial charge is 0.326 e. The lowest BCUT2D eigenvalue weighted by atomic mass is 9.98. The molecule has 1 aromatic heterocycles. The Kier molecular flexibility index (Phi) is 6.63. The van der Waals surface area contributed by atoms with E-state index in [9.17, 15) is 5.11 Å². The fourth-order valence-electron chi connectivity index (χ4n) is 4.69. The third-order valence-electron chi connectivity index (χ3n) is 6.58. The summed E-state index contributed by atoms with van der Waals surface area (Å²) >= 11 is 0. The highest BCUT2D eigenvalue weighted by molar-refractivity contribution is 6.05. The van der Waals surface area contributed by atoms with Crippen LogP contribution in [0, 0.1) is 11.7 Å². The number of nitrogens with one attached hydrogen (secondary N) is 1. The Labute approximate surface area is 204 Å². The molecule has 2 aliphatic heterocycles. The summed E-state index contributed by atoms with van der Waals surface area (Å²) in [5.74, 6) is 1.94. The molecule has 3 heterocycles. The average Bonchev–Trinajstić information content (AvgIpc) is 3.47. The van der Waals surface area contributed by atoms with Gasteiger partial charge in [-0.3, -0.25) is 4.99 Å². The standard InChI is InChI=1S/C27H30FN5O2/c1-3-4-19-13-23(29-15-19)30-24-14-25(33-9-7-18(16-34)8-10-33)32-27(31-24)35-22-6-5-20-11-17(2)12-21(20)26(22)28/h3-6,12-14,18,34H,7-11,15-16H2,1-2H3,(H,29,30,31,32)/b4-3+. The Hall–Kier alpha value is -3.52. The largest absolute Gasteiger partial charge is 0.421 e. The number of hydrogen-bond acceptors (Lipinski definition) is 7. The van der Waals surface area contributed by atoms with Crippen molar-refractivity contribution in [2.45, 2.75) is 33.1 Å². The van der Waals surface area contributed by atoms with E-state index in [1.165, 1.54) is 0 Å². The summed E-state index contributed by atoms with van der Waals surface area (Å²) in [5, 5.41) is 12.7. The van der Waals surface area contributed by atoms with Crippen LogP contribution in [0.15, 0.2) is 52.6 Å². The first-order valence-corrected chi connectivity index (χ1v) is 12.1. The molecule has 0 radical (unpaired) electrons. The first-order chi connectivity index (χ1) is 17.0. The number of aliphatic hydroxyl groups is 1. The van der Waals surface area contributed by atoms with Gasteiger partial charge in [-0.15, -0.1) is 0 Å². The van der Waals surface area contributed by atoms with Crippen LogP contribution in [0.25, 0.3) is 6.08 Å². The number of ether oxygens (including phenoxy) is 1. The van der Waals surface area contributed by atoms with Gasteiger partial charge < -0.3 is 20.1 Å². The molecule has 1 fully saturated rings. The van der Waals surface area contributed by atoms with E-state index in [4.69, 9.17) is 4.74 Å². The van der Waals surface area contributed by atoms with Crippen LogP contribution >= 0.6 is 0 Å². The fraction of sp³-hybridized carbons (Fsp3) is 0.370. The van der Waals surface area contributed by atoms with E-state index in [0.29, 0.717) is 35.5 Å². The summed E-state index contributed by atoms with van der Waals surface area (Å²) in [7, 11) is 0. The second-order valence-electron chi connectivity index (χ2n) is 9.27. The molecule has 35 heavy (non-hydrogen) atoms.